The number of piperidine rings is 1. The molecule has 92 valence electrons. The van der Waals surface area contributed by atoms with Crippen LogP contribution in [-0.2, 0) is 7.05 Å². The fourth-order valence-corrected chi connectivity index (χ4v) is 3.31. The Kier molecular flexibility index (Phi) is 2.65. The normalized spacial score (nSPS) is 28.2. The molecular weight excluding hydrogens is 214 g/mol. The van der Waals surface area contributed by atoms with Gasteiger partial charge in [-0.1, -0.05) is 6.42 Å². The van der Waals surface area contributed by atoms with Crippen molar-refractivity contribution in [2.45, 2.75) is 25.7 Å². The van der Waals surface area contributed by atoms with E-state index >= 15 is 0 Å². The maximum absolute atomic E-state index is 12.4. The second-order valence-electron chi connectivity index (χ2n) is 5.47. The molecule has 2 fully saturated rings. The van der Waals surface area contributed by atoms with Crippen molar-refractivity contribution < 1.29 is 4.79 Å². The lowest BCUT2D eigenvalue weighted by molar-refractivity contribution is 0.0490. The first kappa shape index (κ1) is 10.8. The molecule has 1 aromatic heterocycles. The summed E-state index contributed by atoms with van der Waals surface area (Å²) in [4.78, 5) is 18.5. The standard InChI is InChI=1S/C13H19N3O/c1-15-6-5-14-12(15)13(17)16-8-10-3-2-4-11(7-10)9-16/h5-6,10-11H,2-4,7-9H2,1H3/t10-,11+. The fraction of sp³-hybridized carbons (Fsp3) is 0.692. The van der Waals surface area contributed by atoms with Gasteiger partial charge in [-0.05, 0) is 31.1 Å². The molecule has 0 aromatic carbocycles. The van der Waals surface area contributed by atoms with Crippen molar-refractivity contribution in [1.82, 2.24) is 14.5 Å². The van der Waals surface area contributed by atoms with Gasteiger partial charge < -0.3 is 9.47 Å². The molecule has 0 N–H and O–H groups in total. The Bertz CT molecular complexity index is 414. The molecule has 2 atom stereocenters. The lowest BCUT2D eigenvalue weighted by atomic mass is 9.78. The molecule has 2 heterocycles. The predicted molar refractivity (Wildman–Crippen MR) is 64.6 cm³/mol. The Hall–Kier alpha value is -1.32. The Labute approximate surface area is 102 Å². The number of carbonyl (C=O) groups excluding carboxylic acids is 1. The number of carbonyl (C=O) groups is 1. The topological polar surface area (TPSA) is 38.1 Å². The van der Waals surface area contributed by atoms with Crippen molar-refractivity contribution >= 4 is 5.91 Å². The molecular formula is C13H19N3O. The third-order valence-electron chi connectivity index (χ3n) is 4.15. The summed E-state index contributed by atoms with van der Waals surface area (Å²) < 4.78 is 1.81. The van der Waals surface area contributed by atoms with Crippen molar-refractivity contribution in [1.29, 1.82) is 0 Å². The van der Waals surface area contributed by atoms with Gasteiger partial charge in [-0.2, -0.15) is 0 Å². The maximum atomic E-state index is 12.4. The molecule has 0 radical (unpaired) electrons. The van der Waals surface area contributed by atoms with Crippen molar-refractivity contribution in [3.8, 4) is 0 Å². The van der Waals surface area contributed by atoms with E-state index in [1.807, 2.05) is 22.7 Å². The number of fused-ring (bicyclic) bond motifs is 2. The van der Waals surface area contributed by atoms with Crippen LogP contribution in [0.15, 0.2) is 12.4 Å². The van der Waals surface area contributed by atoms with E-state index in [-0.39, 0.29) is 5.91 Å². The first-order valence-corrected chi connectivity index (χ1v) is 6.50. The van der Waals surface area contributed by atoms with E-state index in [4.69, 9.17) is 0 Å². The summed E-state index contributed by atoms with van der Waals surface area (Å²) in [5.41, 5.74) is 0. The molecule has 1 amide bonds. The van der Waals surface area contributed by atoms with Gasteiger partial charge in [0, 0.05) is 32.5 Å². The summed E-state index contributed by atoms with van der Waals surface area (Å²) in [6.45, 7) is 1.87. The second kappa shape index (κ2) is 4.17. The zero-order valence-corrected chi connectivity index (χ0v) is 10.3. The van der Waals surface area contributed by atoms with E-state index < -0.39 is 0 Å². The number of hydrogen-bond acceptors (Lipinski definition) is 2. The number of likely N-dealkylation sites (tertiary alicyclic amines) is 1. The van der Waals surface area contributed by atoms with E-state index in [9.17, 15) is 4.79 Å². The average molecular weight is 233 g/mol. The highest BCUT2D eigenvalue weighted by molar-refractivity contribution is 5.90. The molecule has 2 aliphatic rings. The molecule has 4 nitrogen and oxygen atoms in total. The van der Waals surface area contributed by atoms with Gasteiger partial charge in [0.25, 0.3) is 5.91 Å². The summed E-state index contributed by atoms with van der Waals surface area (Å²) >= 11 is 0. The van der Waals surface area contributed by atoms with Gasteiger partial charge in [-0.3, -0.25) is 4.79 Å². The van der Waals surface area contributed by atoms with Gasteiger partial charge in [0.2, 0.25) is 0 Å². The highest BCUT2D eigenvalue weighted by atomic mass is 16.2. The number of rotatable bonds is 1. The van der Waals surface area contributed by atoms with E-state index in [0.29, 0.717) is 5.82 Å². The first-order valence-electron chi connectivity index (χ1n) is 6.50. The molecule has 1 aliphatic heterocycles. The Morgan fingerprint density at radius 1 is 1.35 bits per heavy atom. The van der Waals surface area contributed by atoms with Crippen LogP contribution in [0.2, 0.25) is 0 Å². The number of hydrogen-bond donors (Lipinski definition) is 0. The van der Waals surface area contributed by atoms with E-state index in [1.165, 1.54) is 25.7 Å². The van der Waals surface area contributed by atoms with Crippen LogP contribution in [0.5, 0.6) is 0 Å². The largest absolute Gasteiger partial charge is 0.335 e. The van der Waals surface area contributed by atoms with Crippen molar-refractivity contribution in [2.24, 2.45) is 18.9 Å². The molecule has 17 heavy (non-hydrogen) atoms. The van der Waals surface area contributed by atoms with Gasteiger partial charge in [-0.25, -0.2) is 4.98 Å². The number of amides is 1. The molecule has 1 saturated carbocycles. The van der Waals surface area contributed by atoms with Gasteiger partial charge in [0.15, 0.2) is 5.82 Å². The van der Waals surface area contributed by atoms with Gasteiger partial charge >= 0.3 is 0 Å². The number of nitrogens with zero attached hydrogens (tertiary/aromatic N) is 3. The SMILES string of the molecule is Cn1ccnc1C(=O)N1C[C@@H]2CCC[C@@H](C2)C1. The summed E-state index contributed by atoms with van der Waals surface area (Å²) in [6, 6.07) is 0. The maximum Gasteiger partial charge on any atom is 0.289 e. The molecule has 2 bridgehead atoms. The zero-order chi connectivity index (χ0) is 11.8. The molecule has 3 rings (SSSR count). The van der Waals surface area contributed by atoms with Crippen LogP contribution in [-0.4, -0.2) is 33.4 Å². The molecule has 0 unspecified atom stereocenters. The zero-order valence-electron chi connectivity index (χ0n) is 10.3. The summed E-state index contributed by atoms with van der Waals surface area (Å²) in [5, 5.41) is 0. The van der Waals surface area contributed by atoms with Crippen LogP contribution in [0.3, 0.4) is 0 Å². The molecule has 1 aromatic rings. The average Bonchev–Trinajstić information content (AvgIpc) is 2.74. The monoisotopic (exact) mass is 233 g/mol. The van der Waals surface area contributed by atoms with Crippen LogP contribution in [0.4, 0.5) is 0 Å². The third-order valence-corrected chi connectivity index (χ3v) is 4.15. The summed E-state index contributed by atoms with van der Waals surface area (Å²) in [5.74, 6) is 2.14. The first-order chi connectivity index (χ1) is 8.24. The van der Waals surface area contributed by atoms with Crippen LogP contribution >= 0.6 is 0 Å². The lowest BCUT2D eigenvalue weighted by Gasteiger charge is -2.41. The number of imidazole rings is 1. The van der Waals surface area contributed by atoms with Crippen molar-refractivity contribution in [2.75, 3.05) is 13.1 Å². The third kappa shape index (κ3) is 1.96. The quantitative estimate of drug-likeness (QED) is 0.740. The Balaban J connectivity index is 1.76. The van der Waals surface area contributed by atoms with Gasteiger partial charge in [0.05, 0.1) is 0 Å². The second-order valence-corrected chi connectivity index (χ2v) is 5.47. The van der Waals surface area contributed by atoms with Crippen LogP contribution in [0.1, 0.15) is 36.3 Å². The van der Waals surface area contributed by atoms with Crippen LogP contribution in [0, 0.1) is 11.8 Å². The number of aromatic nitrogens is 2. The lowest BCUT2D eigenvalue weighted by Crippen LogP contribution is -2.46. The molecule has 0 spiro atoms. The number of aryl methyl sites for hydroxylation is 1. The smallest absolute Gasteiger partial charge is 0.289 e. The fourth-order valence-electron chi connectivity index (χ4n) is 3.31. The van der Waals surface area contributed by atoms with Gasteiger partial charge in [-0.15, -0.1) is 0 Å². The van der Waals surface area contributed by atoms with E-state index in [0.717, 1.165) is 24.9 Å². The predicted octanol–water partition coefficient (Wildman–Crippen LogP) is 1.68. The van der Waals surface area contributed by atoms with Crippen LogP contribution in [0.25, 0.3) is 0 Å². The van der Waals surface area contributed by atoms with Crippen LogP contribution < -0.4 is 0 Å². The molecule has 1 saturated heterocycles. The van der Waals surface area contributed by atoms with Crippen molar-refractivity contribution in [3.63, 3.8) is 0 Å². The van der Waals surface area contributed by atoms with E-state index in [1.54, 1.807) is 6.20 Å². The minimum atomic E-state index is 0.106. The molecule has 4 heteroatoms. The summed E-state index contributed by atoms with van der Waals surface area (Å²) in [7, 11) is 1.88. The molecule has 1 aliphatic carbocycles. The minimum absolute atomic E-state index is 0.106. The Morgan fingerprint density at radius 2 is 2.06 bits per heavy atom. The van der Waals surface area contributed by atoms with Gasteiger partial charge in [0.1, 0.15) is 0 Å². The highest BCUT2D eigenvalue weighted by Gasteiger charge is 2.33. The highest BCUT2D eigenvalue weighted by Crippen LogP contribution is 2.34. The Morgan fingerprint density at radius 3 is 2.65 bits per heavy atom. The summed E-state index contributed by atoms with van der Waals surface area (Å²) in [6.07, 6.45) is 8.78. The van der Waals surface area contributed by atoms with Crippen molar-refractivity contribution in [3.05, 3.63) is 18.2 Å². The minimum Gasteiger partial charge on any atom is -0.335 e. The van der Waals surface area contributed by atoms with E-state index in [2.05, 4.69) is 4.98 Å².